The number of aryl methyl sites for hydroxylation is 2. The molecule has 6 nitrogen and oxygen atoms in total. The Labute approximate surface area is 229 Å². The highest BCUT2D eigenvalue weighted by Gasteiger charge is 2.78. The third-order valence-corrected chi connectivity index (χ3v) is 10.8. The van der Waals surface area contributed by atoms with Gasteiger partial charge in [-0.3, -0.25) is 9.59 Å². The fourth-order valence-corrected chi connectivity index (χ4v) is 9.20. The molecule has 9 atom stereocenters. The van der Waals surface area contributed by atoms with Gasteiger partial charge in [0, 0.05) is 22.7 Å². The van der Waals surface area contributed by atoms with Crippen molar-refractivity contribution in [1.82, 2.24) is 0 Å². The van der Waals surface area contributed by atoms with Crippen LogP contribution in [-0.2, 0) is 14.3 Å². The maximum atomic E-state index is 17.5. The SMILES string of the molecule is Cc1cc(C(=O)OC2(C(=O)SCF)C(C)C[C@H]3[C@@H]4CC(F)C5=CC(=O)C=C[C@]5(C)C4(F)C(O)C[C@@]32C)c(C)o1. The number of hydrogen-bond donors (Lipinski definition) is 1. The first kappa shape index (κ1) is 28.2. The van der Waals surface area contributed by atoms with E-state index >= 15 is 8.78 Å². The van der Waals surface area contributed by atoms with E-state index in [-0.39, 0.29) is 36.2 Å². The van der Waals surface area contributed by atoms with Crippen molar-refractivity contribution in [2.24, 2.45) is 28.6 Å². The van der Waals surface area contributed by atoms with E-state index in [1.165, 1.54) is 25.1 Å². The smallest absolute Gasteiger partial charge is 0.342 e. The molecule has 4 aliphatic rings. The molecule has 4 aliphatic carbocycles. The minimum Gasteiger partial charge on any atom is -0.466 e. The predicted molar refractivity (Wildman–Crippen MR) is 138 cm³/mol. The first-order chi connectivity index (χ1) is 18.2. The van der Waals surface area contributed by atoms with Crippen LogP contribution in [0.5, 0.6) is 0 Å². The van der Waals surface area contributed by atoms with E-state index < -0.39 is 75.0 Å². The van der Waals surface area contributed by atoms with Gasteiger partial charge in [-0.15, -0.1) is 0 Å². The molecule has 5 unspecified atom stereocenters. The Kier molecular flexibility index (Phi) is 6.58. The van der Waals surface area contributed by atoms with Crippen LogP contribution < -0.4 is 0 Å². The summed E-state index contributed by atoms with van der Waals surface area (Å²) in [5.74, 6) is -2.97. The summed E-state index contributed by atoms with van der Waals surface area (Å²) in [6, 6.07) is 0.423. The number of allylic oxidation sites excluding steroid dienone is 4. The molecule has 0 spiro atoms. The van der Waals surface area contributed by atoms with Crippen molar-refractivity contribution in [3.8, 4) is 0 Å². The summed E-state index contributed by atoms with van der Waals surface area (Å²) in [5, 5.41) is 10.8. The average Bonchev–Trinajstić information content (AvgIpc) is 3.31. The molecule has 0 aromatic carbocycles. The van der Waals surface area contributed by atoms with E-state index in [4.69, 9.17) is 9.15 Å². The average molecular weight is 567 g/mol. The lowest BCUT2D eigenvalue weighted by atomic mass is 9.44. The highest BCUT2D eigenvalue weighted by molar-refractivity contribution is 8.13. The zero-order valence-electron chi connectivity index (χ0n) is 22.6. The zero-order valence-corrected chi connectivity index (χ0v) is 23.4. The number of esters is 1. The molecule has 1 heterocycles. The summed E-state index contributed by atoms with van der Waals surface area (Å²) < 4.78 is 58.3. The normalized spacial score (nSPS) is 42.8. The number of carbonyl (C=O) groups is 3. The molecule has 1 aromatic rings. The molecule has 39 heavy (non-hydrogen) atoms. The fraction of sp³-hybridized carbons (Fsp3) is 0.621. The van der Waals surface area contributed by atoms with Crippen LogP contribution >= 0.6 is 11.8 Å². The fourth-order valence-electron chi connectivity index (χ4n) is 8.41. The predicted octanol–water partition coefficient (Wildman–Crippen LogP) is 5.54. The standard InChI is InChI=1S/C29H33F3O6S/c1-14-8-19-20-11-22(31)21-10-17(33)6-7-26(21,4)28(20,32)23(34)12-27(19,5)29(14,25(36)39-13-30)38-24(35)18-9-15(2)37-16(18)3/h6-7,9-10,14,19-20,22-23,34H,8,11-13H2,1-5H3/t14?,19-,20-,22?,23?,26-,27-,28?,29?/m0/s1. The number of alkyl halides is 3. The number of thioether (sulfide) groups is 1. The maximum Gasteiger partial charge on any atom is 0.342 e. The van der Waals surface area contributed by atoms with Crippen molar-refractivity contribution >= 4 is 28.6 Å². The summed E-state index contributed by atoms with van der Waals surface area (Å²) in [7, 11) is 0. The quantitative estimate of drug-likeness (QED) is 0.478. The Morgan fingerprint density at radius 2 is 1.92 bits per heavy atom. The van der Waals surface area contributed by atoms with Gasteiger partial charge in [-0.25, -0.2) is 18.0 Å². The topological polar surface area (TPSA) is 93.8 Å². The Morgan fingerprint density at radius 3 is 2.54 bits per heavy atom. The molecule has 0 radical (unpaired) electrons. The molecule has 212 valence electrons. The number of aliphatic hydroxyl groups is 1. The van der Waals surface area contributed by atoms with Crippen LogP contribution in [-0.4, -0.2) is 51.5 Å². The summed E-state index contributed by atoms with van der Waals surface area (Å²) in [6.45, 7) is 8.07. The van der Waals surface area contributed by atoms with Gasteiger partial charge in [0.15, 0.2) is 17.1 Å². The van der Waals surface area contributed by atoms with Gasteiger partial charge in [-0.1, -0.05) is 19.9 Å². The first-order valence-corrected chi connectivity index (χ1v) is 14.2. The second-order valence-electron chi connectivity index (χ2n) is 12.0. The van der Waals surface area contributed by atoms with Crippen LogP contribution in [0, 0.1) is 42.4 Å². The molecule has 0 bridgehead atoms. The van der Waals surface area contributed by atoms with Crippen LogP contribution in [0.1, 0.15) is 61.9 Å². The number of fused-ring (bicyclic) bond motifs is 5. The first-order valence-electron chi connectivity index (χ1n) is 13.2. The van der Waals surface area contributed by atoms with Gasteiger partial charge in [0.2, 0.25) is 5.12 Å². The van der Waals surface area contributed by atoms with Gasteiger partial charge in [0.1, 0.15) is 29.3 Å². The second kappa shape index (κ2) is 9.09. The van der Waals surface area contributed by atoms with Crippen LogP contribution in [0.4, 0.5) is 13.2 Å². The van der Waals surface area contributed by atoms with Gasteiger partial charge in [-0.05, 0) is 81.5 Å². The third kappa shape index (κ3) is 3.55. The van der Waals surface area contributed by atoms with Gasteiger partial charge < -0.3 is 14.3 Å². The number of ketones is 1. The van der Waals surface area contributed by atoms with E-state index in [2.05, 4.69) is 0 Å². The summed E-state index contributed by atoms with van der Waals surface area (Å²) >= 11 is 0.366. The Hall–Kier alpha value is -2.33. The van der Waals surface area contributed by atoms with E-state index in [0.717, 1.165) is 6.08 Å². The molecule has 0 saturated heterocycles. The van der Waals surface area contributed by atoms with Gasteiger partial charge in [0.05, 0.1) is 6.10 Å². The minimum absolute atomic E-state index is 0.00463. The molecule has 10 heteroatoms. The minimum atomic E-state index is -2.35. The van der Waals surface area contributed by atoms with Gasteiger partial charge in [0.25, 0.3) is 0 Å². The van der Waals surface area contributed by atoms with Crippen molar-refractivity contribution in [2.45, 2.75) is 77.4 Å². The zero-order chi connectivity index (χ0) is 28.7. The van der Waals surface area contributed by atoms with Gasteiger partial charge in [-0.2, -0.15) is 0 Å². The number of hydrogen-bond acceptors (Lipinski definition) is 7. The van der Waals surface area contributed by atoms with Crippen molar-refractivity contribution in [1.29, 1.82) is 0 Å². The lowest BCUT2D eigenvalue weighted by molar-refractivity contribution is -0.221. The van der Waals surface area contributed by atoms with Crippen molar-refractivity contribution in [3.05, 3.63) is 47.0 Å². The monoisotopic (exact) mass is 566 g/mol. The number of aliphatic hydroxyl groups excluding tert-OH is 1. The molecule has 0 aliphatic heterocycles. The molecular weight excluding hydrogens is 533 g/mol. The van der Waals surface area contributed by atoms with Crippen LogP contribution in [0.2, 0.25) is 0 Å². The summed E-state index contributed by atoms with van der Waals surface area (Å²) in [6.07, 6.45) is -0.0827. The number of carbonyl (C=O) groups excluding carboxylic acids is 3. The van der Waals surface area contributed by atoms with Crippen molar-refractivity contribution in [2.75, 3.05) is 6.01 Å². The molecule has 1 aromatic heterocycles. The number of halogens is 3. The number of ether oxygens (including phenoxy) is 1. The Balaban J connectivity index is 1.64. The molecule has 5 rings (SSSR count). The molecule has 1 N–H and O–H groups in total. The van der Waals surface area contributed by atoms with E-state index in [9.17, 15) is 23.9 Å². The molecule has 3 fully saturated rings. The van der Waals surface area contributed by atoms with Crippen LogP contribution in [0.3, 0.4) is 0 Å². The van der Waals surface area contributed by atoms with Crippen molar-refractivity contribution < 1.29 is 41.8 Å². The Morgan fingerprint density at radius 1 is 1.23 bits per heavy atom. The van der Waals surface area contributed by atoms with E-state index in [1.807, 2.05) is 0 Å². The maximum absolute atomic E-state index is 17.5. The molecule has 0 amide bonds. The summed E-state index contributed by atoms with van der Waals surface area (Å²) in [5.41, 5.74) is -7.07. The molecular formula is C29H33F3O6S. The second-order valence-corrected chi connectivity index (χ2v) is 12.9. The number of furan rings is 1. The van der Waals surface area contributed by atoms with Crippen molar-refractivity contribution in [3.63, 3.8) is 0 Å². The third-order valence-electron chi connectivity index (χ3n) is 10.2. The largest absolute Gasteiger partial charge is 0.466 e. The van der Waals surface area contributed by atoms with Gasteiger partial charge >= 0.3 is 5.97 Å². The highest BCUT2D eigenvalue weighted by atomic mass is 32.2. The van der Waals surface area contributed by atoms with Crippen LogP contribution in [0.15, 0.2) is 34.3 Å². The van der Waals surface area contributed by atoms with E-state index in [0.29, 0.717) is 17.5 Å². The highest BCUT2D eigenvalue weighted by Crippen LogP contribution is 2.72. The lowest BCUT2D eigenvalue weighted by Crippen LogP contribution is -2.70. The molecule has 3 saturated carbocycles. The lowest BCUT2D eigenvalue weighted by Gasteiger charge is -2.63. The Bertz CT molecular complexity index is 1310. The van der Waals surface area contributed by atoms with E-state index in [1.54, 1.807) is 27.7 Å². The summed E-state index contributed by atoms with van der Waals surface area (Å²) in [4.78, 5) is 39.3. The van der Waals surface area contributed by atoms with Crippen LogP contribution in [0.25, 0.3) is 0 Å². The number of rotatable bonds is 4.